The Morgan fingerprint density at radius 1 is 1.00 bits per heavy atom. The highest BCUT2D eigenvalue weighted by Crippen LogP contribution is 2.54. The van der Waals surface area contributed by atoms with Crippen LogP contribution in [0.4, 0.5) is 0 Å². The first-order valence-electron chi connectivity index (χ1n) is 5.90. The minimum absolute atomic E-state index is 0.174. The van der Waals surface area contributed by atoms with Crippen LogP contribution in [-0.2, 0) is 10.2 Å². The smallest absolute Gasteiger partial charge is 0.164 e. The molecule has 2 rings (SSSR count). The first kappa shape index (κ1) is 12.7. The van der Waals surface area contributed by atoms with Crippen molar-refractivity contribution in [1.82, 2.24) is 0 Å². The molecule has 0 aromatic heterocycles. The van der Waals surface area contributed by atoms with Gasteiger partial charge >= 0.3 is 0 Å². The summed E-state index contributed by atoms with van der Waals surface area (Å²) in [6.07, 6.45) is 1.74. The maximum atomic E-state index is 11.8. The second-order valence-corrected chi connectivity index (χ2v) is 4.55. The van der Waals surface area contributed by atoms with Crippen molar-refractivity contribution in [3.63, 3.8) is 0 Å². The fourth-order valence-electron chi connectivity index (χ4n) is 2.34. The van der Waals surface area contributed by atoms with Crippen molar-refractivity contribution in [3.8, 4) is 17.2 Å². The van der Waals surface area contributed by atoms with Crippen molar-refractivity contribution >= 4 is 5.78 Å². The standard InChI is InChI=1S/C14H18O4/c1-9(15)14(5-6-14)10-7-12(17-3)13(18-4)8-11(10)16-2/h7-8H,5-6H2,1-4H3. The van der Waals surface area contributed by atoms with Gasteiger partial charge in [0, 0.05) is 11.6 Å². The maximum Gasteiger partial charge on any atom is 0.164 e. The van der Waals surface area contributed by atoms with E-state index >= 15 is 0 Å². The van der Waals surface area contributed by atoms with Crippen molar-refractivity contribution in [1.29, 1.82) is 0 Å². The van der Waals surface area contributed by atoms with E-state index in [2.05, 4.69) is 0 Å². The molecule has 1 saturated carbocycles. The molecular formula is C14H18O4. The minimum atomic E-state index is -0.384. The summed E-state index contributed by atoms with van der Waals surface area (Å²) in [5.74, 6) is 2.09. The summed E-state index contributed by atoms with van der Waals surface area (Å²) in [6.45, 7) is 1.63. The van der Waals surface area contributed by atoms with Gasteiger partial charge in [-0.25, -0.2) is 0 Å². The molecule has 0 saturated heterocycles. The molecule has 1 aromatic carbocycles. The van der Waals surface area contributed by atoms with Crippen LogP contribution in [0.25, 0.3) is 0 Å². The molecule has 18 heavy (non-hydrogen) atoms. The molecule has 1 fully saturated rings. The fourth-order valence-corrected chi connectivity index (χ4v) is 2.34. The van der Waals surface area contributed by atoms with Crippen LogP contribution in [0.1, 0.15) is 25.3 Å². The lowest BCUT2D eigenvalue weighted by molar-refractivity contribution is -0.119. The van der Waals surface area contributed by atoms with E-state index in [0.717, 1.165) is 18.4 Å². The molecule has 0 spiro atoms. The summed E-state index contributed by atoms with van der Waals surface area (Å²) in [4.78, 5) is 11.8. The number of rotatable bonds is 5. The molecule has 0 N–H and O–H groups in total. The number of carbonyl (C=O) groups is 1. The minimum Gasteiger partial charge on any atom is -0.496 e. The molecule has 0 unspecified atom stereocenters. The molecule has 1 aliphatic rings. The van der Waals surface area contributed by atoms with Crippen LogP contribution >= 0.6 is 0 Å². The zero-order valence-corrected chi connectivity index (χ0v) is 11.2. The largest absolute Gasteiger partial charge is 0.496 e. The second kappa shape index (κ2) is 4.52. The summed E-state index contributed by atoms with van der Waals surface area (Å²) in [6, 6.07) is 3.63. The summed E-state index contributed by atoms with van der Waals surface area (Å²) < 4.78 is 15.9. The number of benzene rings is 1. The Bertz CT molecular complexity index is 475. The van der Waals surface area contributed by atoms with Crippen molar-refractivity contribution in [2.24, 2.45) is 0 Å². The van der Waals surface area contributed by atoms with Crippen molar-refractivity contribution in [2.75, 3.05) is 21.3 Å². The van der Waals surface area contributed by atoms with Crippen molar-refractivity contribution in [2.45, 2.75) is 25.2 Å². The lowest BCUT2D eigenvalue weighted by Gasteiger charge is -2.19. The van der Waals surface area contributed by atoms with Gasteiger partial charge in [0.2, 0.25) is 0 Å². The molecule has 98 valence electrons. The normalized spacial score (nSPS) is 16.0. The zero-order chi connectivity index (χ0) is 13.3. The topological polar surface area (TPSA) is 44.8 Å². The summed E-state index contributed by atoms with van der Waals surface area (Å²) >= 11 is 0. The number of Topliss-reactive ketones (excluding diaryl/α,β-unsaturated/α-hetero) is 1. The third kappa shape index (κ3) is 1.82. The molecule has 0 aliphatic heterocycles. The van der Waals surface area contributed by atoms with Crippen LogP contribution in [0, 0.1) is 0 Å². The van der Waals surface area contributed by atoms with Crippen LogP contribution in [0.2, 0.25) is 0 Å². The molecule has 0 heterocycles. The van der Waals surface area contributed by atoms with Crippen molar-refractivity contribution < 1.29 is 19.0 Å². The Labute approximate surface area is 107 Å². The Kier molecular flexibility index (Phi) is 3.20. The number of hydrogen-bond donors (Lipinski definition) is 0. The second-order valence-electron chi connectivity index (χ2n) is 4.55. The summed E-state index contributed by atoms with van der Waals surface area (Å²) in [5, 5.41) is 0. The number of methoxy groups -OCH3 is 3. The van der Waals surface area contributed by atoms with Crippen LogP contribution in [0.15, 0.2) is 12.1 Å². The Hall–Kier alpha value is -1.71. The van der Waals surface area contributed by atoms with E-state index in [1.54, 1.807) is 34.3 Å². The lowest BCUT2D eigenvalue weighted by atomic mass is 9.91. The van der Waals surface area contributed by atoms with E-state index in [9.17, 15) is 4.79 Å². The van der Waals surface area contributed by atoms with Gasteiger partial charge in [-0.1, -0.05) is 0 Å². The van der Waals surface area contributed by atoms with Crippen LogP contribution in [0.3, 0.4) is 0 Å². The number of carbonyl (C=O) groups excluding carboxylic acids is 1. The quantitative estimate of drug-likeness (QED) is 0.804. The number of ether oxygens (including phenoxy) is 3. The number of hydrogen-bond acceptors (Lipinski definition) is 4. The average molecular weight is 250 g/mol. The molecule has 0 radical (unpaired) electrons. The molecule has 4 nitrogen and oxygen atoms in total. The van der Waals surface area contributed by atoms with E-state index in [0.29, 0.717) is 17.2 Å². The summed E-state index contributed by atoms with van der Waals surface area (Å²) in [5.41, 5.74) is 0.514. The van der Waals surface area contributed by atoms with E-state index in [1.165, 1.54) is 0 Å². The third-order valence-corrected chi connectivity index (χ3v) is 3.65. The predicted molar refractivity (Wildman–Crippen MR) is 67.7 cm³/mol. The SMILES string of the molecule is COc1cc(OC)c(C2(C(C)=O)CC2)cc1OC. The maximum absolute atomic E-state index is 11.8. The molecule has 4 heteroatoms. The highest BCUT2D eigenvalue weighted by Gasteiger charge is 2.50. The van der Waals surface area contributed by atoms with E-state index < -0.39 is 0 Å². The van der Waals surface area contributed by atoms with E-state index in [4.69, 9.17) is 14.2 Å². The molecular weight excluding hydrogens is 232 g/mol. The molecule has 0 bridgehead atoms. The first-order chi connectivity index (χ1) is 8.58. The van der Waals surface area contributed by atoms with Crippen molar-refractivity contribution in [3.05, 3.63) is 17.7 Å². The Morgan fingerprint density at radius 3 is 1.89 bits per heavy atom. The van der Waals surface area contributed by atoms with E-state index in [-0.39, 0.29) is 11.2 Å². The Balaban J connectivity index is 2.56. The molecule has 1 aliphatic carbocycles. The van der Waals surface area contributed by atoms with Crippen LogP contribution in [-0.4, -0.2) is 27.1 Å². The molecule has 0 amide bonds. The fraction of sp³-hybridized carbons (Fsp3) is 0.500. The third-order valence-electron chi connectivity index (χ3n) is 3.65. The van der Waals surface area contributed by atoms with Gasteiger partial charge in [0.05, 0.1) is 26.7 Å². The predicted octanol–water partition coefficient (Wildman–Crippen LogP) is 2.33. The zero-order valence-electron chi connectivity index (χ0n) is 11.2. The van der Waals surface area contributed by atoms with Gasteiger partial charge in [0.25, 0.3) is 0 Å². The highest BCUT2D eigenvalue weighted by molar-refractivity contribution is 5.92. The van der Waals surface area contributed by atoms with Gasteiger partial charge in [-0.05, 0) is 25.8 Å². The van der Waals surface area contributed by atoms with Crippen LogP contribution < -0.4 is 14.2 Å². The van der Waals surface area contributed by atoms with E-state index in [1.807, 2.05) is 6.07 Å². The number of ketones is 1. The van der Waals surface area contributed by atoms with Gasteiger partial charge in [-0.2, -0.15) is 0 Å². The molecule has 0 atom stereocenters. The average Bonchev–Trinajstić information content (AvgIpc) is 3.18. The van der Waals surface area contributed by atoms with Gasteiger partial charge in [0.15, 0.2) is 11.5 Å². The Morgan fingerprint density at radius 2 is 1.50 bits per heavy atom. The van der Waals surface area contributed by atoms with Crippen LogP contribution in [0.5, 0.6) is 17.2 Å². The van der Waals surface area contributed by atoms with Gasteiger partial charge in [0.1, 0.15) is 11.5 Å². The highest BCUT2D eigenvalue weighted by atomic mass is 16.5. The monoisotopic (exact) mass is 250 g/mol. The first-order valence-corrected chi connectivity index (χ1v) is 5.90. The van der Waals surface area contributed by atoms with Gasteiger partial charge in [-0.15, -0.1) is 0 Å². The van der Waals surface area contributed by atoms with Gasteiger partial charge in [-0.3, -0.25) is 4.79 Å². The lowest BCUT2D eigenvalue weighted by Crippen LogP contribution is -2.18. The molecule has 1 aromatic rings. The van der Waals surface area contributed by atoms with Gasteiger partial charge < -0.3 is 14.2 Å². The summed E-state index contributed by atoms with van der Waals surface area (Å²) in [7, 11) is 4.76.